The summed E-state index contributed by atoms with van der Waals surface area (Å²) in [5.41, 5.74) is 1.87. The number of unbranched alkanes of at least 4 members (excludes halogenated alkanes) is 5. The van der Waals surface area contributed by atoms with Gasteiger partial charge in [0.05, 0.1) is 12.5 Å². The number of rotatable bonds is 9. The maximum Gasteiger partial charge on any atom is 0.163 e. The van der Waals surface area contributed by atoms with Gasteiger partial charge in [0.2, 0.25) is 0 Å². The molecule has 0 aromatic heterocycles. The van der Waals surface area contributed by atoms with Gasteiger partial charge in [-0.25, -0.2) is 0 Å². The molecule has 0 radical (unpaired) electrons. The monoisotopic (exact) mass is 556 g/mol. The zero-order chi connectivity index (χ0) is 26.1. The van der Waals surface area contributed by atoms with Crippen molar-refractivity contribution in [1.82, 2.24) is 0 Å². The summed E-state index contributed by atoms with van der Waals surface area (Å²) in [7, 11) is 0. The lowest BCUT2D eigenvalue weighted by molar-refractivity contribution is -0.120. The maximum absolute atomic E-state index is 13.6. The highest BCUT2D eigenvalue weighted by atomic mass is 79.9. The Hall–Kier alpha value is -1.88. The third-order valence-electron chi connectivity index (χ3n) is 7.62. The predicted octanol–water partition coefficient (Wildman–Crippen LogP) is 8.59. The smallest absolute Gasteiger partial charge is 0.163 e. The van der Waals surface area contributed by atoms with E-state index in [2.05, 4.69) is 50.5 Å². The highest BCUT2D eigenvalue weighted by Crippen LogP contribution is 2.54. The van der Waals surface area contributed by atoms with Crippen LogP contribution in [0.1, 0.15) is 110 Å². The Morgan fingerprint density at radius 2 is 1.42 bits per heavy atom. The fourth-order valence-electron chi connectivity index (χ4n) is 5.93. The fourth-order valence-corrected chi connectivity index (χ4v) is 6.31. The second-order valence-corrected chi connectivity index (χ2v) is 13.3. The second kappa shape index (κ2) is 10.8. The summed E-state index contributed by atoms with van der Waals surface area (Å²) >= 11 is 3.63. The molecule has 1 aromatic rings. The lowest BCUT2D eigenvalue weighted by Crippen LogP contribution is -2.37. The molecule has 0 unspecified atom stereocenters. The number of ether oxygens (including phenoxy) is 2. The average molecular weight is 558 g/mol. The third kappa shape index (κ3) is 5.98. The van der Waals surface area contributed by atoms with Crippen LogP contribution in [0.5, 0.6) is 5.75 Å². The van der Waals surface area contributed by atoms with Gasteiger partial charge in [-0.1, -0.05) is 82.7 Å². The van der Waals surface area contributed by atoms with Crippen LogP contribution in [0.3, 0.4) is 0 Å². The number of benzene rings is 1. The minimum absolute atomic E-state index is 0.0808. The van der Waals surface area contributed by atoms with Crippen LogP contribution in [0.25, 0.3) is 0 Å². The number of hydrogen-bond donors (Lipinski definition) is 0. The quantitative estimate of drug-likeness (QED) is 0.285. The van der Waals surface area contributed by atoms with Crippen LogP contribution in [0.2, 0.25) is 0 Å². The molecule has 4 rings (SSSR count). The molecule has 36 heavy (non-hydrogen) atoms. The molecule has 0 fully saturated rings. The van der Waals surface area contributed by atoms with Crippen molar-refractivity contribution >= 4 is 27.5 Å². The Kier molecular flexibility index (Phi) is 8.19. The molecule has 0 saturated carbocycles. The minimum atomic E-state index is -0.437. The average Bonchev–Trinajstić information content (AvgIpc) is 2.76. The van der Waals surface area contributed by atoms with Gasteiger partial charge in [-0.05, 0) is 35.4 Å². The van der Waals surface area contributed by atoms with E-state index in [1.54, 1.807) is 0 Å². The number of carbonyl (C=O) groups is 2. The molecule has 0 spiro atoms. The largest absolute Gasteiger partial charge is 0.493 e. The van der Waals surface area contributed by atoms with Crippen LogP contribution in [0, 0.1) is 10.8 Å². The predicted molar refractivity (Wildman–Crippen MR) is 147 cm³/mol. The van der Waals surface area contributed by atoms with Crippen molar-refractivity contribution in [2.24, 2.45) is 10.8 Å². The van der Waals surface area contributed by atoms with E-state index in [0.717, 1.165) is 40.1 Å². The Balaban J connectivity index is 1.71. The van der Waals surface area contributed by atoms with E-state index in [-0.39, 0.29) is 22.4 Å². The van der Waals surface area contributed by atoms with Gasteiger partial charge in [-0.15, -0.1) is 0 Å². The van der Waals surface area contributed by atoms with Crippen LogP contribution >= 0.6 is 15.9 Å². The number of carbonyl (C=O) groups excluding carboxylic acids is 2. The van der Waals surface area contributed by atoms with Gasteiger partial charge in [0, 0.05) is 46.9 Å². The molecule has 0 amide bonds. The van der Waals surface area contributed by atoms with Gasteiger partial charge in [0.15, 0.2) is 11.6 Å². The number of Topliss-reactive ketones (excluding diaryl/α,β-unsaturated/α-hetero) is 2. The van der Waals surface area contributed by atoms with E-state index < -0.39 is 5.92 Å². The summed E-state index contributed by atoms with van der Waals surface area (Å²) in [4.78, 5) is 27.2. The summed E-state index contributed by atoms with van der Waals surface area (Å²) in [6.07, 6.45) is 9.46. The van der Waals surface area contributed by atoms with Gasteiger partial charge in [-0.3, -0.25) is 9.59 Å². The van der Waals surface area contributed by atoms with Gasteiger partial charge < -0.3 is 9.47 Å². The summed E-state index contributed by atoms with van der Waals surface area (Å²) in [5, 5.41) is 0. The molecule has 4 nitrogen and oxygen atoms in total. The standard InChI is InChI=1S/C31H41BrO4/c1-6-7-8-9-10-11-14-35-24-13-12-20(32)15-21(24)27-28-22(33)16-30(2,3)18-25(28)36-26-19-31(4,5)17-23(34)29(26)27/h12-13,15,27H,6-11,14,16-19H2,1-5H3. The SMILES string of the molecule is CCCCCCCCOc1ccc(Br)cc1C1C2=C(CC(C)(C)CC2=O)OC2=C1C(=O)CC(C)(C)C2. The fraction of sp³-hybridized carbons (Fsp3) is 0.613. The molecule has 0 bridgehead atoms. The lowest BCUT2D eigenvalue weighted by Gasteiger charge is -2.43. The van der Waals surface area contributed by atoms with Crippen molar-refractivity contribution in [3.8, 4) is 5.75 Å². The van der Waals surface area contributed by atoms with Crippen LogP contribution < -0.4 is 4.74 Å². The van der Waals surface area contributed by atoms with Crippen LogP contribution in [0.15, 0.2) is 45.3 Å². The van der Waals surface area contributed by atoms with E-state index in [0.29, 0.717) is 43.4 Å². The number of halogens is 1. The molecule has 3 aliphatic rings. The highest BCUT2D eigenvalue weighted by Gasteiger charge is 2.48. The van der Waals surface area contributed by atoms with Crippen LogP contribution in [0.4, 0.5) is 0 Å². The Morgan fingerprint density at radius 1 is 0.861 bits per heavy atom. The molecule has 5 heteroatoms. The zero-order valence-electron chi connectivity index (χ0n) is 22.6. The van der Waals surface area contributed by atoms with Crippen molar-refractivity contribution in [1.29, 1.82) is 0 Å². The van der Waals surface area contributed by atoms with E-state index in [1.165, 1.54) is 25.7 Å². The summed E-state index contributed by atoms with van der Waals surface area (Å²) in [5.74, 6) is 1.97. The molecule has 196 valence electrons. The summed E-state index contributed by atoms with van der Waals surface area (Å²) in [6, 6.07) is 5.98. The van der Waals surface area contributed by atoms with Crippen LogP contribution in [-0.2, 0) is 14.3 Å². The number of hydrogen-bond acceptors (Lipinski definition) is 4. The van der Waals surface area contributed by atoms with Crippen molar-refractivity contribution < 1.29 is 19.1 Å². The van der Waals surface area contributed by atoms with Crippen molar-refractivity contribution in [2.45, 2.75) is 105 Å². The first-order valence-electron chi connectivity index (χ1n) is 13.6. The molecule has 1 aromatic carbocycles. The number of allylic oxidation sites excluding steroid dienone is 4. The van der Waals surface area contributed by atoms with E-state index >= 15 is 0 Å². The first-order valence-corrected chi connectivity index (χ1v) is 14.4. The molecule has 0 atom stereocenters. The molecular formula is C31H41BrO4. The first kappa shape index (κ1) is 27.2. The molecule has 1 heterocycles. The van der Waals surface area contributed by atoms with Gasteiger partial charge in [-0.2, -0.15) is 0 Å². The Bertz CT molecular complexity index is 1040. The molecule has 1 aliphatic heterocycles. The lowest BCUT2D eigenvalue weighted by atomic mass is 9.65. The number of ketones is 2. The topological polar surface area (TPSA) is 52.6 Å². The second-order valence-electron chi connectivity index (χ2n) is 12.4. The Morgan fingerprint density at radius 3 is 2.00 bits per heavy atom. The summed E-state index contributed by atoms with van der Waals surface area (Å²) < 4.78 is 13.7. The van der Waals surface area contributed by atoms with Crippen molar-refractivity contribution in [2.75, 3.05) is 6.61 Å². The Labute approximate surface area is 225 Å². The molecule has 2 aliphatic carbocycles. The zero-order valence-corrected chi connectivity index (χ0v) is 24.2. The van der Waals surface area contributed by atoms with E-state index in [4.69, 9.17) is 9.47 Å². The first-order chi connectivity index (χ1) is 17.0. The van der Waals surface area contributed by atoms with Crippen molar-refractivity contribution in [3.05, 3.63) is 50.9 Å². The third-order valence-corrected chi connectivity index (χ3v) is 8.11. The van der Waals surface area contributed by atoms with E-state index in [1.807, 2.05) is 18.2 Å². The maximum atomic E-state index is 13.6. The minimum Gasteiger partial charge on any atom is -0.493 e. The van der Waals surface area contributed by atoms with Gasteiger partial charge in [0.25, 0.3) is 0 Å². The molecule has 0 saturated heterocycles. The molecular weight excluding hydrogens is 516 g/mol. The van der Waals surface area contributed by atoms with E-state index in [9.17, 15) is 9.59 Å². The summed E-state index contributed by atoms with van der Waals surface area (Å²) in [6.45, 7) is 11.3. The highest BCUT2D eigenvalue weighted by molar-refractivity contribution is 9.10. The van der Waals surface area contributed by atoms with Gasteiger partial charge >= 0.3 is 0 Å². The van der Waals surface area contributed by atoms with Gasteiger partial charge in [0.1, 0.15) is 17.3 Å². The normalized spacial score (nSPS) is 21.3. The van der Waals surface area contributed by atoms with Crippen molar-refractivity contribution in [3.63, 3.8) is 0 Å². The molecule has 0 N–H and O–H groups in total. The van der Waals surface area contributed by atoms with Crippen LogP contribution in [-0.4, -0.2) is 18.2 Å².